The summed E-state index contributed by atoms with van der Waals surface area (Å²) in [4.78, 5) is 34.2. The zero-order valence-electron chi connectivity index (χ0n) is 16.4. The van der Waals surface area contributed by atoms with Crippen molar-refractivity contribution in [2.75, 3.05) is 6.54 Å². The molecule has 158 valence electrons. The van der Waals surface area contributed by atoms with Gasteiger partial charge in [0.25, 0.3) is 11.7 Å². The molecular weight excluding hydrogens is 404 g/mol. The molecule has 1 aliphatic heterocycles. The lowest BCUT2D eigenvalue weighted by molar-refractivity contribution is -0.139. The Bertz CT molecular complexity index is 1120. The first-order valence-electron chi connectivity index (χ1n) is 9.74. The average molecular weight is 423 g/mol. The fraction of sp³-hybridized carbons (Fsp3) is 0.174. The van der Waals surface area contributed by atoms with Gasteiger partial charge in [-0.3, -0.25) is 9.59 Å². The number of nitrogens with one attached hydrogen (secondary N) is 1. The Morgan fingerprint density at radius 3 is 2.29 bits per heavy atom. The van der Waals surface area contributed by atoms with Crippen LogP contribution in [0.25, 0.3) is 5.76 Å². The summed E-state index contributed by atoms with van der Waals surface area (Å²) in [5.74, 6) is -2.20. The average Bonchev–Trinajstić information content (AvgIpc) is 3.37. The van der Waals surface area contributed by atoms with Crippen LogP contribution in [0.15, 0.2) is 66.5 Å². The highest BCUT2D eigenvalue weighted by molar-refractivity contribution is 6.46. The minimum Gasteiger partial charge on any atom is -0.507 e. The number of imidazole rings is 1. The summed E-state index contributed by atoms with van der Waals surface area (Å²) in [6.07, 6.45) is 4.41. The minimum absolute atomic E-state index is 0.110. The van der Waals surface area contributed by atoms with Gasteiger partial charge in [-0.05, 0) is 48.4 Å². The molecule has 1 aliphatic rings. The molecule has 2 heterocycles. The molecule has 1 fully saturated rings. The Labute approximate surface area is 176 Å². The van der Waals surface area contributed by atoms with Crippen LogP contribution in [0.2, 0.25) is 0 Å². The van der Waals surface area contributed by atoms with Gasteiger partial charge in [-0.25, -0.2) is 13.8 Å². The van der Waals surface area contributed by atoms with E-state index in [0.29, 0.717) is 18.4 Å². The van der Waals surface area contributed by atoms with Crippen LogP contribution in [-0.4, -0.2) is 38.2 Å². The van der Waals surface area contributed by atoms with Gasteiger partial charge in [-0.15, -0.1) is 0 Å². The second kappa shape index (κ2) is 8.51. The molecule has 3 aromatic rings. The van der Waals surface area contributed by atoms with Gasteiger partial charge in [0.05, 0.1) is 11.6 Å². The van der Waals surface area contributed by atoms with Crippen molar-refractivity contribution in [3.05, 3.63) is 95.1 Å². The highest BCUT2D eigenvalue weighted by Gasteiger charge is 2.45. The summed E-state index contributed by atoms with van der Waals surface area (Å²) >= 11 is 0. The van der Waals surface area contributed by atoms with Gasteiger partial charge in [0.15, 0.2) is 0 Å². The van der Waals surface area contributed by atoms with Crippen molar-refractivity contribution in [3.8, 4) is 0 Å². The summed E-state index contributed by atoms with van der Waals surface area (Å²) in [6, 6.07) is 9.50. The summed E-state index contributed by atoms with van der Waals surface area (Å²) in [7, 11) is 0. The van der Waals surface area contributed by atoms with Gasteiger partial charge in [-0.2, -0.15) is 0 Å². The van der Waals surface area contributed by atoms with Crippen molar-refractivity contribution in [3.63, 3.8) is 0 Å². The molecule has 0 aliphatic carbocycles. The second-order valence-electron chi connectivity index (χ2n) is 7.19. The van der Waals surface area contributed by atoms with E-state index >= 15 is 0 Å². The molecule has 2 aromatic carbocycles. The number of hydrogen-bond donors (Lipinski definition) is 2. The third-order valence-corrected chi connectivity index (χ3v) is 5.21. The first-order chi connectivity index (χ1) is 15.0. The van der Waals surface area contributed by atoms with Crippen LogP contribution in [0.4, 0.5) is 8.78 Å². The van der Waals surface area contributed by atoms with Crippen LogP contribution in [-0.2, 0) is 16.0 Å². The topological polar surface area (TPSA) is 86.3 Å². The van der Waals surface area contributed by atoms with Crippen molar-refractivity contribution in [1.82, 2.24) is 14.9 Å². The van der Waals surface area contributed by atoms with E-state index in [-0.39, 0.29) is 17.7 Å². The van der Waals surface area contributed by atoms with E-state index in [0.717, 1.165) is 18.0 Å². The molecular formula is C23H19F2N3O3. The summed E-state index contributed by atoms with van der Waals surface area (Å²) in [5.41, 5.74) is 0.588. The number of aromatic nitrogens is 2. The molecule has 8 heteroatoms. The van der Waals surface area contributed by atoms with Gasteiger partial charge in [0, 0.05) is 30.9 Å². The molecule has 0 spiro atoms. The largest absolute Gasteiger partial charge is 0.507 e. The highest BCUT2D eigenvalue weighted by Crippen LogP contribution is 2.39. The van der Waals surface area contributed by atoms with E-state index in [9.17, 15) is 23.5 Å². The number of aromatic amines is 1. The van der Waals surface area contributed by atoms with Crippen LogP contribution in [0.1, 0.15) is 29.4 Å². The van der Waals surface area contributed by atoms with Crippen LogP contribution in [0.5, 0.6) is 0 Å². The number of aliphatic hydroxyl groups excluding tert-OH is 1. The zero-order valence-corrected chi connectivity index (χ0v) is 16.4. The van der Waals surface area contributed by atoms with Gasteiger partial charge in [0.1, 0.15) is 23.2 Å². The minimum atomic E-state index is -0.887. The van der Waals surface area contributed by atoms with Crippen LogP contribution in [0, 0.1) is 11.6 Å². The first kappa shape index (κ1) is 20.5. The predicted molar refractivity (Wildman–Crippen MR) is 109 cm³/mol. The fourth-order valence-corrected chi connectivity index (χ4v) is 3.72. The molecule has 31 heavy (non-hydrogen) atoms. The third-order valence-electron chi connectivity index (χ3n) is 5.21. The standard InChI is InChI=1S/C23H19F2N3O3/c24-16-7-3-14(4-8-16)20-19(21(29)15-5-9-17(25)10-6-15)22(30)23(31)28(20)13-1-2-18-26-11-12-27-18/h3-12,20,29H,1-2,13H2,(H,26,27)/b21-19+. The number of nitrogens with zero attached hydrogens (tertiary/aromatic N) is 2. The lowest BCUT2D eigenvalue weighted by atomic mass is 9.95. The van der Waals surface area contributed by atoms with Crippen molar-refractivity contribution in [2.45, 2.75) is 18.9 Å². The van der Waals surface area contributed by atoms with Gasteiger partial charge < -0.3 is 15.0 Å². The number of Topliss-reactive ketones (excluding diaryl/α,β-unsaturated/α-hetero) is 1. The van der Waals surface area contributed by atoms with Crippen LogP contribution < -0.4 is 0 Å². The van der Waals surface area contributed by atoms with E-state index in [1.54, 1.807) is 12.4 Å². The summed E-state index contributed by atoms with van der Waals surface area (Å²) in [5, 5.41) is 10.8. The van der Waals surface area contributed by atoms with E-state index in [4.69, 9.17) is 0 Å². The van der Waals surface area contributed by atoms with E-state index in [1.807, 2.05) is 0 Å². The molecule has 1 unspecified atom stereocenters. The number of aliphatic hydroxyl groups is 1. The second-order valence-corrected chi connectivity index (χ2v) is 7.19. The van der Waals surface area contributed by atoms with E-state index in [2.05, 4.69) is 9.97 Å². The smallest absolute Gasteiger partial charge is 0.295 e. The van der Waals surface area contributed by atoms with Crippen LogP contribution >= 0.6 is 0 Å². The SMILES string of the molecule is O=C1C(=O)N(CCCc2ncc[nH]2)C(c2ccc(F)cc2)/C1=C(\O)c1ccc(F)cc1. The van der Waals surface area contributed by atoms with Crippen molar-refractivity contribution >= 4 is 17.4 Å². The number of carbonyl (C=O) groups excluding carboxylic acids is 2. The molecule has 1 saturated heterocycles. The van der Waals surface area contributed by atoms with Crippen molar-refractivity contribution < 1.29 is 23.5 Å². The Morgan fingerprint density at radius 2 is 1.68 bits per heavy atom. The molecule has 0 bridgehead atoms. The third kappa shape index (κ3) is 4.09. The Balaban J connectivity index is 1.72. The zero-order chi connectivity index (χ0) is 22.0. The molecule has 0 saturated carbocycles. The Hall–Kier alpha value is -3.81. The molecule has 1 amide bonds. The monoisotopic (exact) mass is 423 g/mol. The highest BCUT2D eigenvalue weighted by atomic mass is 19.1. The number of carbonyl (C=O) groups is 2. The lowest BCUT2D eigenvalue weighted by Crippen LogP contribution is -2.31. The number of H-pyrrole nitrogens is 1. The maximum absolute atomic E-state index is 13.5. The quantitative estimate of drug-likeness (QED) is 0.359. The predicted octanol–water partition coefficient (Wildman–Crippen LogP) is 3.74. The number of halogens is 2. The molecule has 4 rings (SSSR count). The maximum atomic E-state index is 13.5. The van der Waals surface area contributed by atoms with Gasteiger partial charge >= 0.3 is 0 Å². The number of hydrogen-bond acceptors (Lipinski definition) is 4. The molecule has 6 nitrogen and oxygen atoms in total. The van der Waals surface area contributed by atoms with Crippen molar-refractivity contribution in [1.29, 1.82) is 0 Å². The van der Waals surface area contributed by atoms with Gasteiger partial charge in [-0.1, -0.05) is 12.1 Å². The lowest BCUT2D eigenvalue weighted by Gasteiger charge is -2.25. The first-order valence-corrected chi connectivity index (χ1v) is 9.74. The Kier molecular flexibility index (Phi) is 5.62. The normalized spacial score (nSPS) is 18.0. The summed E-state index contributed by atoms with van der Waals surface area (Å²) < 4.78 is 26.8. The number of rotatable bonds is 6. The van der Waals surface area contributed by atoms with Gasteiger partial charge in [0.2, 0.25) is 0 Å². The fourth-order valence-electron chi connectivity index (χ4n) is 3.72. The van der Waals surface area contributed by atoms with Crippen molar-refractivity contribution in [2.24, 2.45) is 0 Å². The number of likely N-dealkylation sites (tertiary alicyclic amines) is 1. The van der Waals surface area contributed by atoms with E-state index in [1.165, 1.54) is 41.3 Å². The molecule has 0 radical (unpaired) electrons. The molecule has 2 N–H and O–H groups in total. The molecule has 1 aromatic heterocycles. The molecule has 1 atom stereocenters. The number of aryl methyl sites for hydroxylation is 1. The number of ketones is 1. The number of amides is 1. The van der Waals surface area contributed by atoms with Crippen LogP contribution in [0.3, 0.4) is 0 Å². The summed E-state index contributed by atoms with van der Waals surface area (Å²) in [6.45, 7) is 0.230. The maximum Gasteiger partial charge on any atom is 0.295 e. The number of benzene rings is 2. The van der Waals surface area contributed by atoms with E-state index < -0.39 is 35.1 Å². The Morgan fingerprint density at radius 1 is 1.03 bits per heavy atom.